The van der Waals surface area contributed by atoms with Gasteiger partial charge in [0.2, 0.25) is 0 Å². The average Bonchev–Trinajstić information content (AvgIpc) is 2.48. The van der Waals surface area contributed by atoms with Crippen LogP contribution in [0.15, 0.2) is 24.3 Å². The summed E-state index contributed by atoms with van der Waals surface area (Å²) < 4.78 is 40.9. The van der Waals surface area contributed by atoms with Crippen molar-refractivity contribution < 1.29 is 27.9 Å². The number of aliphatic carboxylic acids is 1. The van der Waals surface area contributed by atoms with Crippen LogP contribution in [0.4, 0.5) is 13.2 Å². The van der Waals surface area contributed by atoms with Crippen molar-refractivity contribution in [3.8, 4) is 0 Å². The Morgan fingerprint density at radius 3 is 2.38 bits per heavy atom. The number of rotatable bonds is 7. The number of nitrogens with one attached hydrogen (secondary N) is 1. The van der Waals surface area contributed by atoms with Crippen LogP contribution >= 0.6 is 0 Å². The Morgan fingerprint density at radius 2 is 1.88 bits per heavy atom. The van der Waals surface area contributed by atoms with E-state index in [2.05, 4.69) is 5.32 Å². The molecule has 0 radical (unpaired) electrons. The zero-order chi connectivity index (χ0) is 17.9. The van der Waals surface area contributed by atoms with Gasteiger partial charge in [-0.15, -0.1) is 0 Å². The van der Waals surface area contributed by atoms with E-state index in [0.717, 1.165) is 24.3 Å². The maximum Gasteiger partial charge on any atom is 0.349 e. The van der Waals surface area contributed by atoms with Gasteiger partial charge in [-0.2, -0.15) is 8.78 Å². The first-order chi connectivity index (χ1) is 11.2. The fraction of sp³-hybridized carbons (Fsp3) is 0.500. The Hall–Kier alpha value is -2.09. The van der Waals surface area contributed by atoms with Crippen molar-refractivity contribution in [3.05, 3.63) is 35.6 Å². The molecule has 0 bridgehead atoms. The van der Waals surface area contributed by atoms with Gasteiger partial charge in [-0.1, -0.05) is 6.92 Å². The highest BCUT2D eigenvalue weighted by atomic mass is 19.3. The van der Waals surface area contributed by atoms with E-state index in [1.807, 2.05) is 6.92 Å². The Kier molecular flexibility index (Phi) is 5.48. The second kappa shape index (κ2) is 7.21. The third kappa shape index (κ3) is 4.05. The molecular weight excluding hydrogens is 325 g/mol. The smallest absolute Gasteiger partial charge is 0.349 e. The van der Waals surface area contributed by atoms with Crippen LogP contribution in [0.3, 0.4) is 0 Å². The lowest BCUT2D eigenvalue weighted by atomic mass is 9.85. The van der Waals surface area contributed by atoms with Crippen molar-refractivity contribution in [2.75, 3.05) is 13.1 Å². The van der Waals surface area contributed by atoms with Crippen molar-refractivity contribution in [2.24, 2.45) is 0 Å². The number of amides is 1. The van der Waals surface area contributed by atoms with Gasteiger partial charge in [-0.25, -0.2) is 4.39 Å². The molecule has 1 aliphatic carbocycles. The summed E-state index contributed by atoms with van der Waals surface area (Å²) in [6, 6.07) is 3.04. The second-order valence-corrected chi connectivity index (χ2v) is 5.83. The number of nitrogens with zero attached hydrogens (tertiary/aromatic N) is 1. The summed E-state index contributed by atoms with van der Waals surface area (Å²) in [6.45, 7) is 2.23. The van der Waals surface area contributed by atoms with Gasteiger partial charge in [-0.05, 0) is 43.7 Å². The molecule has 0 aliphatic heterocycles. The summed E-state index contributed by atoms with van der Waals surface area (Å²) in [5.41, 5.74) is -0.571. The number of likely N-dealkylation sites (N-methyl/N-ethyl adjacent to an activating group) is 1. The number of carboxylic acids is 1. The Labute approximate surface area is 137 Å². The lowest BCUT2D eigenvalue weighted by Gasteiger charge is -2.42. The largest absolute Gasteiger partial charge is 0.480 e. The van der Waals surface area contributed by atoms with Gasteiger partial charge in [0.1, 0.15) is 5.82 Å². The molecule has 1 saturated carbocycles. The number of hydrogen-bond acceptors (Lipinski definition) is 3. The summed E-state index contributed by atoms with van der Waals surface area (Å²) in [5, 5.41) is 11.1. The molecular formula is C16H19F3N2O3. The molecule has 2 N–H and O–H groups in total. The first-order valence-corrected chi connectivity index (χ1v) is 7.64. The molecule has 0 atom stereocenters. The quantitative estimate of drug-likeness (QED) is 0.793. The van der Waals surface area contributed by atoms with Gasteiger partial charge >= 0.3 is 11.9 Å². The molecule has 0 spiro atoms. The Bertz CT molecular complexity index is 601. The predicted molar refractivity (Wildman–Crippen MR) is 80.1 cm³/mol. The minimum Gasteiger partial charge on any atom is -0.480 e. The van der Waals surface area contributed by atoms with Crippen LogP contribution in [0, 0.1) is 5.82 Å². The van der Waals surface area contributed by atoms with Crippen LogP contribution < -0.4 is 5.32 Å². The molecule has 1 fully saturated rings. The van der Waals surface area contributed by atoms with Gasteiger partial charge in [0.25, 0.3) is 5.91 Å². The molecule has 24 heavy (non-hydrogen) atoms. The van der Waals surface area contributed by atoms with Gasteiger partial charge < -0.3 is 10.4 Å². The van der Waals surface area contributed by atoms with E-state index in [0.29, 0.717) is 19.4 Å². The van der Waals surface area contributed by atoms with Crippen molar-refractivity contribution in [2.45, 2.75) is 37.8 Å². The van der Waals surface area contributed by atoms with Crippen molar-refractivity contribution >= 4 is 11.9 Å². The third-order valence-electron chi connectivity index (χ3n) is 4.20. The van der Waals surface area contributed by atoms with E-state index in [1.54, 1.807) is 4.90 Å². The van der Waals surface area contributed by atoms with Crippen LogP contribution in [0.25, 0.3) is 0 Å². The molecule has 0 saturated heterocycles. The summed E-state index contributed by atoms with van der Waals surface area (Å²) in [7, 11) is 0. The minimum absolute atomic E-state index is 0.0455. The molecule has 8 heteroatoms. The van der Waals surface area contributed by atoms with Crippen molar-refractivity contribution in [3.63, 3.8) is 0 Å². The maximum absolute atomic E-state index is 14.1. The molecule has 1 aromatic carbocycles. The van der Waals surface area contributed by atoms with E-state index in [4.69, 9.17) is 5.11 Å². The maximum atomic E-state index is 14.1. The van der Waals surface area contributed by atoms with Crippen LogP contribution in [0.1, 0.15) is 25.3 Å². The van der Waals surface area contributed by atoms with Crippen molar-refractivity contribution in [1.82, 2.24) is 10.2 Å². The van der Waals surface area contributed by atoms with E-state index in [9.17, 15) is 22.8 Å². The highest BCUT2D eigenvalue weighted by Gasteiger charge is 2.44. The first kappa shape index (κ1) is 18.3. The number of benzene rings is 1. The zero-order valence-corrected chi connectivity index (χ0v) is 13.1. The molecule has 132 valence electrons. The van der Waals surface area contributed by atoms with Crippen LogP contribution in [0.5, 0.6) is 0 Å². The molecule has 0 heterocycles. The van der Waals surface area contributed by atoms with Gasteiger partial charge in [-0.3, -0.25) is 14.5 Å². The highest BCUT2D eigenvalue weighted by Crippen LogP contribution is 2.31. The summed E-state index contributed by atoms with van der Waals surface area (Å²) in [4.78, 5) is 24.3. The number of hydrogen-bond donors (Lipinski definition) is 2. The SMILES string of the molecule is CCN(CC(=O)O)C1CC(NC(=O)C(F)(F)c2ccc(F)cc2)C1. The lowest BCUT2D eigenvalue weighted by molar-refractivity contribution is -0.149. The molecule has 0 unspecified atom stereocenters. The first-order valence-electron chi connectivity index (χ1n) is 7.64. The van der Waals surface area contributed by atoms with Crippen molar-refractivity contribution in [1.29, 1.82) is 0 Å². The van der Waals surface area contributed by atoms with Crippen LogP contribution in [0.2, 0.25) is 0 Å². The topological polar surface area (TPSA) is 69.6 Å². The molecule has 2 rings (SSSR count). The van der Waals surface area contributed by atoms with Crippen LogP contribution in [-0.4, -0.2) is 47.1 Å². The number of carbonyl (C=O) groups excluding carboxylic acids is 1. The standard InChI is InChI=1S/C16H19F3N2O3/c1-2-21(9-14(22)23)13-7-12(8-13)20-15(24)16(18,19)10-3-5-11(17)6-4-10/h3-6,12-13H,2,7-9H2,1H3,(H,20,24)(H,22,23). The van der Waals surface area contributed by atoms with E-state index >= 15 is 0 Å². The fourth-order valence-corrected chi connectivity index (χ4v) is 2.74. The van der Waals surface area contributed by atoms with Gasteiger partial charge in [0, 0.05) is 17.6 Å². The molecule has 1 aromatic rings. The summed E-state index contributed by atoms with van der Waals surface area (Å²) in [5.74, 6) is -6.79. The van der Waals surface area contributed by atoms with E-state index in [-0.39, 0.29) is 12.6 Å². The summed E-state index contributed by atoms with van der Waals surface area (Å²) in [6.07, 6.45) is 0.846. The monoisotopic (exact) mass is 344 g/mol. The number of halogens is 3. The lowest BCUT2D eigenvalue weighted by Crippen LogP contribution is -2.56. The molecule has 5 nitrogen and oxygen atoms in total. The Morgan fingerprint density at radius 1 is 1.29 bits per heavy atom. The van der Waals surface area contributed by atoms with Gasteiger partial charge in [0.05, 0.1) is 6.54 Å². The van der Waals surface area contributed by atoms with Gasteiger partial charge in [0.15, 0.2) is 0 Å². The zero-order valence-electron chi connectivity index (χ0n) is 13.1. The molecule has 1 aliphatic rings. The number of carbonyl (C=O) groups is 2. The second-order valence-electron chi connectivity index (χ2n) is 5.83. The molecule has 1 amide bonds. The van der Waals surface area contributed by atoms with E-state index < -0.39 is 35.2 Å². The number of alkyl halides is 2. The highest BCUT2D eigenvalue weighted by molar-refractivity contribution is 5.85. The van der Waals surface area contributed by atoms with E-state index in [1.165, 1.54) is 0 Å². The average molecular weight is 344 g/mol. The Balaban J connectivity index is 1.89. The number of carboxylic acid groups (broad SMARTS) is 1. The van der Waals surface area contributed by atoms with Crippen LogP contribution in [-0.2, 0) is 15.5 Å². The molecule has 0 aromatic heterocycles. The normalized spacial score (nSPS) is 20.5. The fourth-order valence-electron chi connectivity index (χ4n) is 2.74. The summed E-state index contributed by atoms with van der Waals surface area (Å²) >= 11 is 0. The predicted octanol–water partition coefficient (Wildman–Crippen LogP) is 1.97. The third-order valence-corrected chi connectivity index (χ3v) is 4.20. The minimum atomic E-state index is -3.75.